The third kappa shape index (κ3) is 2.08. The molecular formula is C17H30BNO. The molecule has 2 heterocycles. The zero-order valence-corrected chi connectivity index (χ0v) is 13.9. The Labute approximate surface area is 126 Å². The quantitative estimate of drug-likeness (QED) is 0.681. The molecule has 0 aromatic heterocycles. The molecule has 2 saturated heterocycles. The van der Waals surface area contributed by atoms with Crippen LogP contribution in [0.5, 0.6) is 0 Å². The molecule has 0 aromatic rings. The first-order chi connectivity index (χ1) is 9.18. The molecule has 0 N–H and O–H groups in total. The van der Waals surface area contributed by atoms with E-state index in [1.165, 1.54) is 13.0 Å². The summed E-state index contributed by atoms with van der Waals surface area (Å²) in [4.78, 5) is 2.72. The van der Waals surface area contributed by atoms with Crippen molar-refractivity contribution in [1.82, 2.24) is 4.90 Å². The van der Waals surface area contributed by atoms with E-state index in [1.54, 1.807) is 0 Å². The van der Waals surface area contributed by atoms with Crippen molar-refractivity contribution in [3.8, 4) is 0 Å². The summed E-state index contributed by atoms with van der Waals surface area (Å²) in [5, 5.41) is -0.0206. The number of fused-ring (bicyclic) bond motifs is 2. The van der Waals surface area contributed by atoms with Gasteiger partial charge in [0.25, 0.3) is 0 Å². The molecule has 1 saturated carbocycles. The van der Waals surface area contributed by atoms with Crippen LogP contribution in [-0.2, 0) is 4.74 Å². The van der Waals surface area contributed by atoms with Crippen LogP contribution in [0.2, 0.25) is 5.31 Å². The Hall–Kier alpha value is -0.0151. The number of likely N-dealkylation sites (tertiary alicyclic amines) is 1. The summed E-state index contributed by atoms with van der Waals surface area (Å²) in [5.41, 5.74) is 0.632. The molecule has 112 valence electrons. The molecule has 3 heteroatoms. The lowest BCUT2D eigenvalue weighted by molar-refractivity contribution is -0.228. The number of nitrogens with zero attached hydrogens (tertiary/aromatic N) is 1. The summed E-state index contributed by atoms with van der Waals surface area (Å²) in [6.07, 6.45) is 3.64. The highest BCUT2D eigenvalue weighted by Crippen LogP contribution is 2.61. The molecule has 3 rings (SSSR count). The highest BCUT2D eigenvalue weighted by Gasteiger charge is 2.61. The van der Waals surface area contributed by atoms with Gasteiger partial charge in [-0.2, -0.15) is 0 Å². The smallest absolute Gasteiger partial charge is 0.0742 e. The molecule has 1 spiro atoms. The molecule has 20 heavy (non-hydrogen) atoms. The molecule has 3 fully saturated rings. The summed E-state index contributed by atoms with van der Waals surface area (Å²) in [5.74, 6) is 1.50. The molecule has 0 amide bonds. The molecule has 0 bridgehead atoms. The molecule has 1 aliphatic carbocycles. The van der Waals surface area contributed by atoms with E-state index >= 15 is 0 Å². The molecule has 2 aliphatic heterocycles. The van der Waals surface area contributed by atoms with Gasteiger partial charge in [0.1, 0.15) is 0 Å². The van der Waals surface area contributed by atoms with E-state index in [0.717, 1.165) is 32.0 Å². The summed E-state index contributed by atoms with van der Waals surface area (Å²) >= 11 is 0. The van der Waals surface area contributed by atoms with E-state index < -0.39 is 0 Å². The fourth-order valence-electron chi connectivity index (χ4n) is 5.77. The normalized spacial score (nSPS) is 43.3. The average Bonchev–Trinajstić information content (AvgIpc) is 2.21. The number of ether oxygens (including phenoxy) is 1. The van der Waals surface area contributed by atoms with Gasteiger partial charge in [0.15, 0.2) is 0 Å². The van der Waals surface area contributed by atoms with Crippen LogP contribution >= 0.6 is 0 Å². The zero-order chi connectivity index (χ0) is 14.8. The fraction of sp³-hybridized carbons (Fsp3) is 1.00. The zero-order valence-electron chi connectivity index (χ0n) is 13.9. The third-order valence-corrected chi connectivity index (χ3v) is 6.31. The van der Waals surface area contributed by atoms with E-state index in [1.807, 2.05) is 0 Å². The van der Waals surface area contributed by atoms with Crippen molar-refractivity contribution in [2.24, 2.45) is 17.3 Å². The third-order valence-electron chi connectivity index (χ3n) is 6.31. The first-order valence-corrected chi connectivity index (χ1v) is 8.31. The van der Waals surface area contributed by atoms with E-state index in [9.17, 15) is 0 Å². The van der Waals surface area contributed by atoms with Crippen LogP contribution in [-0.4, -0.2) is 44.1 Å². The van der Waals surface area contributed by atoms with Crippen LogP contribution in [0.15, 0.2) is 0 Å². The van der Waals surface area contributed by atoms with Gasteiger partial charge in [-0.3, -0.25) is 4.90 Å². The Morgan fingerprint density at radius 2 is 1.80 bits per heavy atom. The van der Waals surface area contributed by atoms with Gasteiger partial charge in [-0.05, 0) is 44.1 Å². The summed E-state index contributed by atoms with van der Waals surface area (Å²) < 4.78 is 5.70. The van der Waals surface area contributed by atoms with Crippen LogP contribution in [0.25, 0.3) is 0 Å². The highest BCUT2D eigenvalue weighted by molar-refractivity contribution is 6.15. The summed E-state index contributed by atoms with van der Waals surface area (Å²) in [6, 6.07) is 0.605. The fourth-order valence-corrected chi connectivity index (χ4v) is 5.77. The molecule has 0 aromatic carbocycles. The van der Waals surface area contributed by atoms with Crippen LogP contribution in [0.4, 0.5) is 0 Å². The van der Waals surface area contributed by atoms with Gasteiger partial charge in [-0.1, -0.05) is 38.9 Å². The monoisotopic (exact) mass is 275 g/mol. The second-order valence-electron chi connectivity index (χ2n) is 8.91. The largest absolute Gasteiger partial charge is 0.377 e. The van der Waals surface area contributed by atoms with E-state index in [2.05, 4.69) is 39.5 Å². The average molecular weight is 275 g/mol. The van der Waals surface area contributed by atoms with Crippen molar-refractivity contribution in [2.75, 3.05) is 19.8 Å². The van der Waals surface area contributed by atoms with E-state index in [-0.39, 0.29) is 10.9 Å². The molecule has 2 nitrogen and oxygen atoms in total. The molecule has 3 aliphatic rings. The Balaban J connectivity index is 1.96. The van der Waals surface area contributed by atoms with Crippen molar-refractivity contribution in [3.63, 3.8) is 0 Å². The Bertz CT molecular complexity index is 386. The lowest BCUT2D eigenvalue weighted by atomic mass is 9.44. The Morgan fingerprint density at radius 3 is 2.30 bits per heavy atom. The van der Waals surface area contributed by atoms with Crippen LogP contribution in [0.1, 0.15) is 53.9 Å². The second kappa shape index (κ2) is 4.49. The van der Waals surface area contributed by atoms with Gasteiger partial charge >= 0.3 is 0 Å². The molecule has 3 atom stereocenters. The topological polar surface area (TPSA) is 12.5 Å². The lowest BCUT2D eigenvalue weighted by Gasteiger charge is -2.66. The van der Waals surface area contributed by atoms with Crippen molar-refractivity contribution in [2.45, 2.75) is 70.8 Å². The number of piperidine rings is 1. The first kappa shape index (κ1) is 14.9. The highest BCUT2D eigenvalue weighted by atomic mass is 16.5. The SMILES string of the molecule is [B]C1(C)CC2C(CCN(C(C)C)C23COC3)C(C)(C)C1. The van der Waals surface area contributed by atoms with Crippen LogP contribution < -0.4 is 0 Å². The van der Waals surface area contributed by atoms with Gasteiger partial charge < -0.3 is 4.74 Å². The van der Waals surface area contributed by atoms with Crippen LogP contribution in [0.3, 0.4) is 0 Å². The van der Waals surface area contributed by atoms with Gasteiger partial charge in [0.05, 0.1) is 26.6 Å². The maximum atomic E-state index is 6.62. The maximum absolute atomic E-state index is 6.62. The molecule has 2 radical (unpaired) electrons. The number of rotatable bonds is 1. The maximum Gasteiger partial charge on any atom is 0.0742 e. The summed E-state index contributed by atoms with van der Waals surface area (Å²) in [6.45, 7) is 14.9. The van der Waals surface area contributed by atoms with Crippen molar-refractivity contribution >= 4 is 7.85 Å². The number of hydrogen-bond donors (Lipinski definition) is 0. The van der Waals surface area contributed by atoms with E-state index in [0.29, 0.717) is 17.4 Å². The van der Waals surface area contributed by atoms with Gasteiger partial charge in [0, 0.05) is 6.04 Å². The van der Waals surface area contributed by atoms with Crippen molar-refractivity contribution in [3.05, 3.63) is 0 Å². The molecule has 3 unspecified atom stereocenters. The molecular weight excluding hydrogens is 245 g/mol. The van der Waals surface area contributed by atoms with Crippen molar-refractivity contribution < 1.29 is 4.74 Å². The predicted molar refractivity (Wildman–Crippen MR) is 84.1 cm³/mol. The van der Waals surface area contributed by atoms with Gasteiger partial charge in [0.2, 0.25) is 0 Å². The minimum atomic E-state index is -0.0206. The Kier molecular flexibility index (Phi) is 3.35. The van der Waals surface area contributed by atoms with Crippen LogP contribution in [0, 0.1) is 17.3 Å². The van der Waals surface area contributed by atoms with E-state index in [4.69, 9.17) is 12.6 Å². The Morgan fingerprint density at radius 1 is 1.15 bits per heavy atom. The number of hydrogen-bond acceptors (Lipinski definition) is 2. The van der Waals surface area contributed by atoms with Gasteiger partial charge in [-0.25, -0.2) is 0 Å². The minimum absolute atomic E-state index is 0.0206. The predicted octanol–water partition coefficient (Wildman–Crippen LogP) is 3.27. The second-order valence-corrected chi connectivity index (χ2v) is 8.91. The minimum Gasteiger partial charge on any atom is -0.377 e. The van der Waals surface area contributed by atoms with Gasteiger partial charge in [-0.15, -0.1) is 0 Å². The summed E-state index contributed by atoms with van der Waals surface area (Å²) in [7, 11) is 6.62. The van der Waals surface area contributed by atoms with Crippen molar-refractivity contribution in [1.29, 1.82) is 0 Å². The first-order valence-electron chi connectivity index (χ1n) is 8.31. The standard InChI is InChI=1S/C17H30BNO/c1-12(2)19-7-6-13-14(17(19)10-20-11-17)8-16(5,18)9-15(13,3)4/h12-14H,6-11H2,1-5H3. The lowest BCUT2D eigenvalue weighted by Crippen LogP contribution is -2.73.